The largest absolute Gasteiger partial charge is 0.490 e. The van der Waals surface area contributed by atoms with E-state index in [0.29, 0.717) is 5.69 Å². The third kappa shape index (κ3) is 4.45. The first-order valence-electron chi connectivity index (χ1n) is 8.40. The summed E-state index contributed by atoms with van der Waals surface area (Å²) in [7, 11) is 0. The van der Waals surface area contributed by atoms with Crippen LogP contribution < -0.4 is 10.1 Å². The van der Waals surface area contributed by atoms with Gasteiger partial charge in [0.05, 0.1) is 23.3 Å². The van der Waals surface area contributed by atoms with E-state index in [1.54, 1.807) is 30.6 Å². The normalized spacial score (nSPS) is 20.2. The highest BCUT2D eigenvalue weighted by Crippen LogP contribution is 2.34. The van der Waals surface area contributed by atoms with Gasteiger partial charge in [-0.25, -0.2) is 0 Å². The molecule has 1 aromatic carbocycles. The van der Waals surface area contributed by atoms with Gasteiger partial charge in [0.15, 0.2) is 0 Å². The summed E-state index contributed by atoms with van der Waals surface area (Å²) in [6.07, 6.45) is 2.15. The zero-order valence-corrected chi connectivity index (χ0v) is 14.0. The molecular formula is C19H18F3N3O. The first-order chi connectivity index (χ1) is 12.5. The molecule has 2 aromatic rings. The molecule has 0 atom stereocenters. The average Bonchev–Trinajstić information content (AvgIpc) is 2.63. The number of hydrogen-bond donors (Lipinski definition) is 1. The van der Waals surface area contributed by atoms with E-state index < -0.39 is 11.7 Å². The van der Waals surface area contributed by atoms with Gasteiger partial charge in [-0.1, -0.05) is 0 Å². The smallest absolute Gasteiger partial charge is 0.417 e. The first kappa shape index (κ1) is 18.1. The van der Waals surface area contributed by atoms with E-state index in [-0.39, 0.29) is 17.7 Å². The predicted molar refractivity (Wildman–Crippen MR) is 90.7 cm³/mol. The standard InChI is InChI=1S/C19H18F3N3O/c20-19(21,22)18-11-15(2-1-13(18)12-23)25-14-3-5-16(6-4-14)26-17-7-9-24-10-8-17/h1-2,7-11,14,16,25H,3-6H2/t14-,16-. The van der Waals surface area contributed by atoms with Gasteiger partial charge in [0.2, 0.25) is 0 Å². The van der Waals surface area contributed by atoms with E-state index in [4.69, 9.17) is 10.00 Å². The van der Waals surface area contributed by atoms with Crippen molar-refractivity contribution in [1.29, 1.82) is 5.26 Å². The molecule has 0 bridgehead atoms. The highest BCUT2D eigenvalue weighted by Gasteiger charge is 2.34. The van der Waals surface area contributed by atoms with Crippen LogP contribution >= 0.6 is 0 Å². The Kier molecular flexibility index (Phi) is 5.31. The number of nitriles is 1. The lowest BCUT2D eigenvalue weighted by molar-refractivity contribution is -0.137. The van der Waals surface area contributed by atoms with Crippen molar-refractivity contribution in [3.63, 3.8) is 0 Å². The van der Waals surface area contributed by atoms with Crippen LogP contribution in [0.1, 0.15) is 36.8 Å². The SMILES string of the molecule is N#Cc1ccc(N[C@H]2CC[C@H](Oc3ccncc3)CC2)cc1C(F)(F)F. The number of anilines is 1. The van der Waals surface area contributed by atoms with Crippen molar-refractivity contribution in [3.05, 3.63) is 53.9 Å². The zero-order chi connectivity index (χ0) is 18.6. The molecule has 1 N–H and O–H groups in total. The third-order valence-corrected chi connectivity index (χ3v) is 4.44. The van der Waals surface area contributed by atoms with Crippen molar-refractivity contribution in [2.45, 2.75) is 44.0 Å². The summed E-state index contributed by atoms with van der Waals surface area (Å²) < 4.78 is 45.1. The lowest BCUT2D eigenvalue weighted by atomic mass is 9.92. The Morgan fingerprint density at radius 1 is 1.08 bits per heavy atom. The molecule has 7 heteroatoms. The average molecular weight is 361 g/mol. The van der Waals surface area contributed by atoms with Crippen molar-refractivity contribution in [2.24, 2.45) is 0 Å². The van der Waals surface area contributed by atoms with Crippen LogP contribution in [0.25, 0.3) is 0 Å². The summed E-state index contributed by atoms with van der Waals surface area (Å²) in [5.41, 5.74) is -0.882. The van der Waals surface area contributed by atoms with Crippen molar-refractivity contribution < 1.29 is 17.9 Å². The number of alkyl halides is 3. The van der Waals surface area contributed by atoms with Gasteiger partial charge in [-0.3, -0.25) is 4.98 Å². The topological polar surface area (TPSA) is 57.9 Å². The Morgan fingerprint density at radius 3 is 2.38 bits per heavy atom. The van der Waals surface area contributed by atoms with Crippen molar-refractivity contribution >= 4 is 5.69 Å². The predicted octanol–water partition coefficient (Wildman–Crippen LogP) is 4.77. The van der Waals surface area contributed by atoms with Crippen molar-refractivity contribution in [1.82, 2.24) is 4.98 Å². The molecule has 0 aliphatic heterocycles. The quantitative estimate of drug-likeness (QED) is 0.852. The Hall–Kier alpha value is -2.75. The van der Waals surface area contributed by atoms with Crippen LogP contribution in [0.3, 0.4) is 0 Å². The molecular weight excluding hydrogens is 343 g/mol. The fourth-order valence-corrected chi connectivity index (χ4v) is 3.14. The number of benzene rings is 1. The molecule has 1 saturated carbocycles. The Bertz CT molecular complexity index is 779. The molecule has 136 valence electrons. The van der Waals surface area contributed by atoms with Gasteiger partial charge in [-0.05, 0) is 56.0 Å². The van der Waals surface area contributed by atoms with Gasteiger partial charge in [-0.15, -0.1) is 0 Å². The lowest BCUT2D eigenvalue weighted by Gasteiger charge is -2.30. The van der Waals surface area contributed by atoms with Crippen molar-refractivity contribution in [2.75, 3.05) is 5.32 Å². The van der Waals surface area contributed by atoms with Crippen LogP contribution in [0.4, 0.5) is 18.9 Å². The number of aromatic nitrogens is 1. The lowest BCUT2D eigenvalue weighted by Crippen LogP contribution is -2.31. The van der Waals surface area contributed by atoms with Gasteiger partial charge < -0.3 is 10.1 Å². The Labute approximate surface area is 149 Å². The summed E-state index contributed by atoms with van der Waals surface area (Å²) >= 11 is 0. The van der Waals surface area contributed by atoms with Crippen LogP contribution in [0.15, 0.2) is 42.7 Å². The molecule has 3 rings (SSSR count). The van der Waals surface area contributed by atoms with Crippen LogP contribution in [-0.4, -0.2) is 17.1 Å². The maximum Gasteiger partial charge on any atom is 0.417 e. The van der Waals surface area contributed by atoms with Gasteiger partial charge >= 0.3 is 6.18 Å². The van der Waals surface area contributed by atoms with E-state index in [0.717, 1.165) is 37.5 Å². The van der Waals surface area contributed by atoms with Crippen LogP contribution in [0.2, 0.25) is 0 Å². The van der Waals surface area contributed by atoms with Gasteiger partial charge in [0.1, 0.15) is 5.75 Å². The molecule has 0 amide bonds. The van der Waals surface area contributed by atoms with Gasteiger partial charge in [0, 0.05) is 24.1 Å². The summed E-state index contributed by atoms with van der Waals surface area (Å²) in [5.74, 6) is 0.776. The van der Waals surface area contributed by atoms with Crippen molar-refractivity contribution in [3.8, 4) is 11.8 Å². The van der Waals surface area contributed by atoms with Crippen LogP contribution in [-0.2, 0) is 6.18 Å². The summed E-state index contributed by atoms with van der Waals surface area (Å²) in [4.78, 5) is 3.94. The highest BCUT2D eigenvalue weighted by molar-refractivity contribution is 5.53. The summed E-state index contributed by atoms with van der Waals surface area (Å²) in [6.45, 7) is 0. The minimum atomic E-state index is -4.54. The minimum Gasteiger partial charge on any atom is -0.490 e. The second-order valence-electron chi connectivity index (χ2n) is 6.29. The minimum absolute atomic E-state index is 0.0845. The Balaban J connectivity index is 1.59. The molecule has 26 heavy (non-hydrogen) atoms. The van der Waals surface area contributed by atoms with Crippen LogP contribution in [0, 0.1) is 11.3 Å². The molecule has 1 heterocycles. The molecule has 1 aliphatic carbocycles. The fraction of sp³-hybridized carbons (Fsp3) is 0.368. The number of nitrogens with zero attached hydrogens (tertiary/aromatic N) is 2. The van der Waals surface area contributed by atoms with E-state index in [1.165, 1.54) is 12.1 Å². The molecule has 1 fully saturated rings. The molecule has 0 unspecified atom stereocenters. The van der Waals surface area contributed by atoms with Gasteiger partial charge in [0.25, 0.3) is 0 Å². The van der Waals surface area contributed by atoms with E-state index in [2.05, 4.69) is 10.3 Å². The second-order valence-corrected chi connectivity index (χ2v) is 6.29. The highest BCUT2D eigenvalue weighted by atomic mass is 19.4. The third-order valence-electron chi connectivity index (χ3n) is 4.44. The van der Waals surface area contributed by atoms with E-state index >= 15 is 0 Å². The number of ether oxygens (including phenoxy) is 1. The molecule has 0 spiro atoms. The molecule has 4 nitrogen and oxygen atoms in total. The van der Waals surface area contributed by atoms with Gasteiger partial charge in [-0.2, -0.15) is 18.4 Å². The van der Waals surface area contributed by atoms with E-state index in [1.807, 2.05) is 0 Å². The maximum absolute atomic E-state index is 13.1. The number of rotatable bonds is 4. The number of nitrogens with one attached hydrogen (secondary N) is 1. The monoisotopic (exact) mass is 361 g/mol. The molecule has 1 aliphatic rings. The number of pyridine rings is 1. The fourth-order valence-electron chi connectivity index (χ4n) is 3.14. The number of halogens is 3. The van der Waals surface area contributed by atoms with Crippen LogP contribution in [0.5, 0.6) is 5.75 Å². The summed E-state index contributed by atoms with van der Waals surface area (Å²) in [5, 5.41) is 12.0. The summed E-state index contributed by atoms with van der Waals surface area (Å²) in [6, 6.07) is 9.03. The molecule has 0 radical (unpaired) electrons. The first-order valence-corrected chi connectivity index (χ1v) is 8.40. The zero-order valence-electron chi connectivity index (χ0n) is 14.0. The van der Waals surface area contributed by atoms with E-state index in [9.17, 15) is 13.2 Å². The molecule has 1 aromatic heterocycles. The number of hydrogen-bond acceptors (Lipinski definition) is 4. The Morgan fingerprint density at radius 2 is 1.77 bits per heavy atom. The maximum atomic E-state index is 13.1. The molecule has 0 saturated heterocycles. The second kappa shape index (κ2) is 7.65.